The van der Waals surface area contributed by atoms with Crippen molar-refractivity contribution < 1.29 is 23.5 Å². The number of hydrogen-bond donors (Lipinski definition) is 3. The number of fused-ring (bicyclic) bond motifs is 1. The highest BCUT2D eigenvalue weighted by Crippen LogP contribution is 2.27. The Morgan fingerprint density at radius 1 is 1.11 bits per heavy atom. The highest BCUT2D eigenvalue weighted by Gasteiger charge is 2.32. The van der Waals surface area contributed by atoms with Crippen LogP contribution >= 0.6 is 11.3 Å². The lowest BCUT2D eigenvalue weighted by Crippen LogP contribution is -2.55. The van der Waals surface area contributed by atoms with Crippen molar-refractivity contribution in [3.63, 3.8) is 0 Å². The van der Waals surface area contributed by atoms with E-state index in [0.717, 1.165) is 26.9 Å². The predicted octanol–water partition coefficient (Wildman–Crippen LogP) is 3.93. The number of aromatic nitrogens is 1. The first-order chi connectivity index (χ1) is 22.2. The molecule has 1 aliphatic heterocycles. The molecule has 46 heavy (non-hydrogen) atoms. The molecule has 1 atom stereocenters. The van der Waals surface area contributed by atoms with Crippen molar-refractivity contribution in [3.05, 3.63) is 89.2 Å². The van der Waals surface area contributed by atoms with Crippen molar-refractivity contribution in [2.45, 2.75) is 38.9 Å². The number of methoxy groups -OCH3 is 1. The van der Waals surface area contributed by atoms with E-state index in [1.54, 1.807) is 29.2 Å². The van der Waals surface area contributed by atoms with Gasteiger partial charge in [0.1, 0.15) is 17.6 Å². The maximum atomic E-state index is 14.2. The van der Waals surface area contributed by atoms with Crippen molar-refractivity contribution in [2.75, 3.05) is 39.0 Å². The molecule has 11 nitrogen and oxygen atoms in total. The summed E-state index contributed by atoms with van der Waals surface area (Å²) in [6, 6.07) is 17.8. The zero-order chi connectivity index (χ0) is 32.6. The normalized spacial score (nSPS) is 16.0. The molecule has 13 heteroatoms. The van der Waals surface area contributed by atoms with Gasteiger partial charge in [0.25, 0.3) is 0 Å². The number of thiazole rings is 1. The Hall–Kier alpha value is -4.75. The molecule has 5 rings (SSSR count). The van der Waals surface area contributed by atoms with Crippen molar-refractivity contribution in [2.24, 2.45) is 0 Å². The fourth-order valence-corrected chi connectivity index (χ4v) is 6.20. The summed E-state index contributed by atoms with van der Waals surface area (Å²) >= 11 is 1.38. The van der Waals surface area contributed by atoms with Gasteiger partial charge in [-0.3, -0.25) is 14.6 Å². The number of halogens is 1. The summed E-state index contributed by atoms with van der Waals surface area (Å²) in [5.74, 6) is -0.288. The number of benzene rings is 3. The van der Waals surface area contributed by atoms with Crippen molar-refractivity contribution in [1.82, 2.24) is 30.5 Å². The molecule has 3 aromatic carbocycles. The molecule has 0 spiro atoms. The Bertz CT molecular complexity index is 1670. The number of carbonyl (C=O) groups is 3. The van der Waals surface area contributed by atoms with Gasteiger partial charge in [0.2, 0.25) is 11.8 Å². The third kappa shape index (κ3) is 8.09. The van der Waals surface area contributed by atoms with Gasteiger partial charge < -0.3 is 26.0 Å². The van der Waals surface area contributed by atoms with Gasteiger partial charge in [-0.25, -0.2) is 19.2 Å². The van der Waals surface area contributed by atoms with Crippen LogP contribution in [-0.4, -0.2) is 77.1 Å². The Morgan fingerprint density at radius 2 is 1.85 bits per heavy atom. The molecule has 0 radical (unpaired) electrons. The van der Waals surface area contributed by atoms with Crippen LogP contribution in [0.3, 0.4) is 0 Å². The lowest BCUT2D eigenvalue weighted by atomic mass is 10.0. The first kappa shape index (κ1) is 32.6. The minimum Gasteiger partial charge on any atom is -0.497 e. The highest BCUT2D eigenvalue weighted by molar-refractivity contribution is 7.22. The second-order valence-electron chi connectivity index (χ2n) is 11.0. The molecule has 2 heterocycles. The van der Waals surface area contributed by atoms with Crippen LogP contribution in [0.5, 0.6) is 5.75 Å². The number of para-hydroxylation sites is 1. The average Bonchev–Trinajstić information content (AvgIpc) is 3.46. The number of carbonyl (C=O) groups excluding carboxylic acids is 3. The van der Waals surface area contributed by atoms with E-state index in [1.807, 2.05) is 49.4 Å². The zero-order valence-electron chi connectivity index (χ0n) is 25.9. The number of ether oxygens (including phenoxy) is 1. The van der Waals surface area contributed by atoms with Crippen LogP contribution in [0.2, 0.25) is 0 Å². The van der Waals surface area contributed by atoms with Crippen LogP contribution in [0.1, 0.15) is 30.0 Å². The molecule has 0 bridgehead atoms. The van der Waals surface area contributed by atoms with E-state index in [1.165, 1.54) is 28.5 Å². The van der Waals surface area contributed by atoms with Crippen molar-refractivity contribution in [3.8, 4) is 5.75 Å². The third-order valence-electron chi connectivity index (χ3n) is 7.75. The van der Waals surface area contributed by atoms with Gasteiger partial charge >= 0.3 is 6.03 Å². The number of nitrogens with one attached hydrogen (secondary N) is 2. The molecule has 4 aromatic rings. The number of amides is 4. The molecule has 1 aromatic heterocycles. The number of hydrazine groups is 1. The highest BCUT2D eigenvalue weighted by atomic mass is 32.1. The van der Waals surface area contributed by atoms with Crippen LogP contribution in [0, 0.1) is 5.82 Å². The molecule has 0 unspecified atom stereocenters. The first-order valence-corrected chi connectivity index (χ1v) is 15.9. The molecule has 1 aliphatic rings. The number of hydrogen-bond acceptors (Lipinski definition) is 8. The van der Waals surface area contributed by atoms with E-state index in [9.17, 15) is 18.8 Å². The van der Waals surface area contributed by atoms with Crippen LogP contribution in [-0.2, 0) is 29.1 Å². The monoisotopic (exact) mass is 647 g/mol. The van der Waals surface area contributed by atoms with E-state index in [4.69, 9.17) is 10.5 Å². The largest absolute Gasteiger partial charge is 0.497 e. The van der Waals surface area contributed by atoms with Crippen molar-refractivity contribution in [1.29, 1.82) is 0 Å². The minimum atomic E-state index is -0.840. The first-order valence-electron chi connectivity index (χ1n) is 15.1. The standard InChI is InChI=1S/C33H38FN7O4S/c1-3-15-41(33(44)36-19-23-7-11-25(34)12-8-23)40-17-16-39(20-24-5-4-6-28-30(24)38-32(35)46-28)31(43)27(37-29(42)21-40)18-22-9-13-26(45-2)14-10-22/h4-14,27H,3,15-21H2,1-2H3,(H2,35,38)(H,36,44)(H,37,42)/t27-/m0/s1. The SMILES string of the molecule is CCCN(C(=O)NCc1ccc(F)cc1)N1CCN(Cc2cccc3sc(N)nc23)C(=O)[C@H](Cc2ccc(OC)cc2)NC(=O)C1. The number of anilines is 1. The molecule has 0 aliphatic carbocycles. The predicted molar refractivity (Wildman–Crippen MR) is 175 cm³/mol. The average molecular weight is 648 g/mol. The molecule has 242 valence electrons. The summed E-state index contributed by atoms with van der Waals surface area (Å²) in [7, 11) is 1.59. The summed E-state index contributed by atoms with van der Waals surface area (Å²) in [4.78, 5) is 47.3. The Labute approximate surface area is 271 Å². The molecule has 4 amide bonds. The quantitative estimate of drug-likeness (QED) is 0.238. The number of nitrogen functional groups attached to an aromatic ring is 1. The maximum absolute atomic E-state index is 14.2. The van der Waals surface area contributed by atoms with Crippen molar-refractivity contribution >= 4 is 44.5 Å². The minimum absolute atomic E-state index is 0.123. The van der Waals surface area contributed by atoms with E-state index >= 15 is 0 Å². The van der Waals surface area contributed by atoms with Gasteiger partial charge in [-0.15, -0.1) is 0 Å². The van der Waals surface area contributed by atoms with Crippen LogP contribution in [0.4, 0.5) is 14.3 Å². The van der Waals surface area contributed by atoms with E-state index in [-0.39, 0.29) is 56.8 Å². The topological polar surface area (TPSA) is 133 Å². The summed E-state index contributed by atoms with van der Waals surface area (Å²) in [5.41, 5.74) is 9.18. The van der Waals surface area contributed by atoms with Gasteiger partial charge in [0.05, 0.1) is 23.9 Å². The zero-order valence-corrected chi connectivity index (χ0v) is 26.7. The van der Waals surface area contributed by atoms with Gasteiger partial charge in [0, 0.05) is 39.1 Å². The van der Waals surface area contributed by atoms with Gasteiger partial charge in [-0.05, 0) is 53.4 Å². The summed E-state index contributed by atoms with van der Waals surface area (Å²) in [5, 5.41) is 9.45. The van der Waals surface area contributed by atoms with Gasteiger partial charge in [0.15, 0.2) is 5.13 Å². The molecular weight excluding hydrogens is 609 g/mol. The number of rotatable bonds is 10. The lowest BCUT2D eigenvalue weighted by molar-refractivity contribution is -0.136. The Balaban J connectivity index is 1.41. The molecular formula is C33H38FN7O4S. The van der Waals surface area contributed by atoms with Crippen LogP contribution in [0.15, 0.2) is 66.7 Å². The fourth-order valence-electron chi connectivity index (χ4n) is 5.42. The lowest BCUT2D eigenvalue weighted by Gasteiger charge is -2.35. The van der Waals surface area contributed by atoms with E-state index in [2.05, 4.69) is 15.6 Å². The van der Waals surface area contributed by atoms with E-state index in [0.29, 0.717) is 23.8 Å². The molecule has 1 fully saturated rings. The van der Waals surface area contributed by atoms with Crippen LogP contribution < -0.4 is 21.1 Å². The molecule has 0 saturated carbocycles. The second-order valence-corrected chi connectivity index (χ2v) is 12.1. The third-order valence-corrected chi connectivity index (χ3v) is 8.60. The number of nitrogens with two attached hydrogens (primary N) is 1. The Morgan fingerprint density at radius 3 is 2.57 bits per heavy atom. The number of nitrogens with zero attached hydrogens (tertiary/aromatic N) is 4. The maximum Gasteiger partial charge on any atom is 0.332 e. The summed E-state index contributed by atoms with van der Waals surface area (Å²) < 4.78 is 19.6. The second kappa shape index (κ2) is 15.0. The molecule has 4 N–H and O–H groups in total. The summed E-state index contributed by atoms with van der Waals surface area (Å²) in [6.45, 7) is 3.08. The van der Waals surface area contributed by atoms with Gasteiger partial charge in [-0.1, -0.05) is 54.7 Å². The van der Waals surface area contributed by atoms with E-state index < -0.39 is 12.1 Å². The number of urea groups is 1. The molecule has 1 saturated heterocycles. The fraction of sp³-hybridized carbons (Fsp3) is 0.333. The summed E-state index contributed by atoms with van der Waals surface area (Å²) in [6.07, 6.45) is 0.911. The van der Waals surface area contributed by atoms with Crippen LogP contribution in [0.25, 0.3) is 10.2 Å². The Kier molecular flexibility index (Phi) is 10.7. The smallest absolute Gasteiger partial charge is 0.332 e. The van der Waals surface area contributed by atoms with Gasteiger partial charge in [-0.2, -0.15) is 0 Å².